The highest BCUT2D eigenvalue weighted by Crippen LogP contribution is 2.53. The van der Waals surface area contributed by atoms with Crippen molar-refractivity contribution >= 4 is 32.5 Å². The molecular formula is C33H36NO2+. The van der Waals surface area contributed by atoms with Gasteiger partial charge in [0.15, 0.2) is 6.20 Å². The van der Waals surface area contributed by atoms with Crippen LogP contribution in [0.15, 0.2) is 53.3 Å². The standard InChI is InChI=1S/C33H36NO2/c1-19-21-11-9-10-12-22(21)24(17-33(5,6)7)31-27(19)30-29-23(13-14-34(30)8)28-20(16-32(2,3)4)18-35-25(28)15-26(29)36-31/h9-15,18H,16-17H2,1-8H3/q+1. The van der Waals surface area contributed by atoms with E-state index in [0.717, 1.165) is 29.9 Å². The van der Waals surface area contributed by atoms with Crippen molar-refractivity contribution in [2.24, 2.45) is 17.9 Å². The van der Waals surface area contributed by atoms with Crippen LogP contribution < -0.4 is 9.30 Å². The molecule has 3 nitrogen and oxygen atoms in total. The van der Waals surface area contributed by atoms with E-state index in [2.05, 4.69) is 103 Å². The summed E-state index contributed by atoms with van der Waals surface area (Å²) < 4.78 is 15.3. The third kappa shape index (κ3) is 3.51. The van der Waals surface area contributed by atoms with Crippen molar-refractivity contribution in [3.05, 3.63) is 65.5 Å². The Morgan fingerprint density at radius 3 is 2.22 bits per heavy atom. The van der Waals surface area contributed by atoms with Crippen molar-refractivity contribution < 1.29 is 13.7 Å². The fourth-order valence-electron chi connectivity index (χ4n) is 6.07. The van der Waals surface area contributed by atoms with Crippen LogP contribution >= 0.6 is 0 Å². The molecule has 0 aliphatic carbocycles. The Labute approximate surface area is 213 Å². The van der Waals surface area contributed by atoms with Gasteiger partial charge in [-0.15, -0.1) is 0 Å². The first kappa shape index (κ1) is 23.1. The number of pyridine rings is 1. The molecule has 0 bridgehead atoms. The van der Waals surface area contributed by atoms with E-state index in [-0.39, 0.29) is 10.8 Å². The number of ether oxygens (including phenoxy) is 1. The summed E-state index contributed by atoms with van der Waals surface area (Å²) in [6, 6.07) is 13.1. The molecule has 2 aromatic heterocycles. The summed E-state index contributed by atoms with van der Waals surface area (Å²) in [5.41, 5.74) is 7.45. The molecular weight excluding hydrogens is 442 g/mol. The minimum absolute atomic E-state index is 0.121. The normalized spacial score (nSPS) is 13.4. The zero-order valence-electron chi connectivity index (χ0n) is 22.8. The van der Waals surface area contributed by atoms with E-state index in [1.807, 2.05) is 6.26 Å². The van der Waals surface area contributed by atoms with Gasteiger partial charge in [0.2, 0.25) is 5.69 Å². The molecule has 3 aromatic carbocycles. The summed E-state index contributed by atoms with van der Waals surface area (Å²) >= 11 is 0. The number of hydrogen-bond donors (Lipinski definition) is 0. The number of aromatic nitrogens is 1. The van der Waals surface area contributed by atoms with Crippen molar-refractivity contribution in [3.63, 3.8) is 0 Å². The highest BCUT2D eigenvalue weighted by Gasteiger charge is 2.35. The number of benzene rings is 3. The average molecular weight is 479 g/mol. The monoisotopic (exact) mass is 478 g/mol. The number of rotatable bonds is 2. The molecule has 0 spiro atoms. The van der Waals surface area contributed by atoms with Crippen LogP contribution in [0.1, 0.15) is 58.2 Å². The first-order valence-corrected chi connectivity index (χ1v) is 13.0. The third-order valence-electron chi connectivity index (χ3n) is 7.41. The Kier molecular flexibility index (Phi) is 4.87. The van der Waals surface area contributed by atoms with Crippen LogP contribution in [0.25, 0.3) is 43.8 Å². The zero-order valence-corrected chi connectivity index (χ0v) is 22.8. The van der Waals surface area contributed by atoms with E-state index < -0.39 is 0 Å². The lowest BCUT2D eigenvalue weighted by atomic mass is 9.81. The maximum atomic E-state index is 6.92. The highest BCUT2D eigenvalue weighted by atomic mass is 16.5. The Morgan fingerprint density at radius 2 is 1.53 bits per heavy atom. The third-order valence-corrected chi connectivity index (χ3v) is 7.41. The largest absolute Gasteiger partial charge is 0.464 e. The summed E-state index contributed by atoms with van der Waals surface area (Å²) in [5.74, 6) is 1.88. The molecule has 0 amide bonds. The molecule has 6 rings (SSSR count). The van der Waals surface area contributed by atoms with Gasteiger partial charge in [0.1, 0.15) is 24.1 Å². The smallest absolute Gasteiger partial charge is 0.228 e. The molecule has 36 heavy (non-hydrogen) atoms. The zero-order chi connectivity index (χ0) is 25.6. The van der Waals surface area contributed by atoms with Gasteiger partial charge < -0.3 is 9.15 Å². The first-order valence-electron chi connectivity index (χ1n) is 13.0. The van der Waals surface area contributed by atoms with Gasteiger partial charge >= 0.3 is 0 Å². The highest BCUT2D eigenvalue weighted by molar-refractivity contribution is 6.16. The van der Waals surface area contributed by atoms with Crippen LogP contribution in [0.3, 0.4) is 0 Å². The minimum atomic E-state index is 0.121. The van der Waals surface area contributed by atoms with Gasteiger partial charge in [-0.05, 0) is 52.5 Å². The second kappa shape index (κ2) is 7.59. The summed E-state index contributed by atoms with van der Waals surface area (Å²) in [7, 11) is 2.15. The van der Waals surface area contributed by atoms with E-state index in [4.69, 9.17) is 9.15 Å². The molecule has 1 aliphatic heterocycles. The predicted molar refractivity (Wildman–Crippen MR) is 149 cm³/mol. The van der Waals surface area contributed by atoms with E-state index in [0.29, 0.717) is 0 Å². The van der Waals surface area contributed by atoms with Gasteiger partial charge in [0.25, 0.3) is 0 Å². The van der Waals surface area contributed by atoms with Gasteiger partial charge in [0.05, 0.1) is 17.2 Å². The van der Waals surface area contributed by atoms with Crippen molar-refractivity contribution in [3.8, 4) is 22.8 Å². The molecule has 0 fully saturated rings. The number of furan rings is 1. The Morgan fingerprint density at radius 1 is 0.833 bits per heavy atom. The molecule has 0 atom stereocenters. The lowest BCUT2D eigenvalue weighted by molar-refractivity contribution is -0.659. The van der Waals surface area contributed by atoms with E-state index in [9.17, 15) is 0 Å². The molecule has 1 aliphatic rings. The van der Waals surface area contributed by atoms with Gasteiger partial charge in [-0.2, -0.15) is 0 Å². The molecule has 5 aromatic rings. The van der Waals surface area contributed by atoms with Gasteiger partial charge in [-0.1, -0.05) is 65.8 Å². The Balaban J connectivity index is 1.75. The van der Waals surface area contributed by atoms with E-state index in [1.54, 1.807) is 0 Å². The van der Waals surface area contributed by atoms with Crippen LogP contribution in [-0.4, -0.2) is 0 Å². The maximum Gasteiger partial charge on any atom is 0.228 e. The number of nitrogens with zero attached hydrogens (tertiary/aromatic N) is 1. The number of hydrogen-bond acceptors (Lipinski definition) is 2. The quantitative estimate of drug-likeness (QED) is 0.232. The van der Waals surface area contributed by atoms with Gasteiger partial charge in [-0.3, -0.25) is 0 Å². The molecule has 0 saturated carbocycles. The molecule has 0 unspecified atom stereocenters. The Bertz CT molecular complexity index is 1690. The average Bonchev–Trinajstić information content (AvgIpc) is 3.18. The minimum Gasteiger partial charge on any atom is -0.464 e. The van der Waals surface area contributed by atoms with Crippen molar-refractivity contribution in [2.75, 3.05) is 0 Å². The maximum absolute atomic E-state index is 6.92. The Hall–Kier alpha value is -3.33. The number of aryl methyl sites for hydroxylation is 2. The second-order valence-electron chi connectivity index (χ2n) is 13.0. The van der Waals surface area contributed by atoms with Crippen molar-refractivity contribution in [1.82, 2.24) is 0 Å². The molecule has 0 saturated heterocycles. The summed E-state index contributed by atoms with van der Waals surface area (Å²) in [4.78, 5) is 0. The fraction of sp³-hybridized carbons (Fsp3) is 0.364. The van der Waals surface area contributed by atoms with Crippen molar-refractivity contribution in [2.45, 2.75) is 61.3 Å². The first-order chi connectivity index (χ1) is 16.9. The molecule has 3 heterocycles. The fourth-order valence-corrected chi connectivity index (χ4v) is 6.07. The lowest BCUT2D eigenvalue weighted by Gasteiger charge is -2.28. The SMILES string of the molecule is Cc1c2c(c(CC(C)(C)C)c3ccccc13)Oc1cc3occ(CC(C)(C)C)c3c3cc[n+](C)c-2c13. The van der Waals surface area contributed by atoms with Crippen LogP contribution in [0.4, 0.5) is 0 Å². The molecule has 0 N–H and O–H groups in total. The summed E-state index contributed by atoms with van der Waals surface area (Å²) in [5, 5.41) is 6.19. The topological polar surface area (TPSA) is 26.2 Å². The van der Waals surface area contributed by atoms with Crippen LogP contribution in [0, 0.1) is 17.8 Å². The van der Waals surface area contributed by atoms with Crippen LogP contribution in [0.5, 0.6) is 11.5 Å². The van der Waals surface area contributed by atoms with Gasteiger partial charge in [-0.25, -0.2) is 4.57 Å². The van der Waals surface area contributed by atoms with E-state index >= 15 is 0 Å². The lowest BCUT2D eigenvalue weighted by Crippen LogP contribution is -2.32. The second-order valence-corrected chi connectivity index (χ2v) is 13.0. The molecule has 3 heteroatoms. The summed E-state index contributed by atoms with van der Waals surface area (Å²) in [6.45, 7) is 16.0. The predicted octanol–water partition coefficient (Wildman–Crippen LogP) is 8.82. The molecule has 184 valence electrons. The van der Waals surface area contributed by atoms with Crippen LogP contribution in [0.2, 0.25) is 0 Å². The van der Waals surface area contributed by atoms with E-state index in [1.165, 1.54) is 54.9 Å². The summed E-state index contributed by atoms with van der Waals surface area (Å²) in [6.07, 6.45) is 6.04. The van der Waals surface area contributed by atoms with Gasteiger partial charge in [0, 0.05) is 28.5 Å². The van der Waals surface area contributed by atoms with Crippen LogP contribution in [-0.2, 0) is 19.9 Å². The molecule has 0 radical (unpaired) electrons. The van der Waals surface area contributed by atoms with Crippen molar-refractivity contribution in [1.29, 1.82) is 0 Å². The number of fused-ring (bicyclic) bond motifs is 5.